The number of carbonyl (C=O) groups excluding carboxylic acids is 1. The number of H-pyrrole nitrogens is 1. The van der Waals surface area contributed by atoms with Gasteiger partial charge >= 0.3 is 0 Å². The Morgan fingerprint density at radius 1 is 1.00 bits per heavy atom. The Kier molecular flexibility index (Phi) is 6.94. The molecular formula is C33H27N5O3. The molecule has 2 N–H and O–H groups in total. The Balaban J connectivity index is 1.23. The first-order valence-electron chi connectivity index (χ1n) is 13.0. The maximum atomic E-state index is 13.2. The number of hydrogen-bond acceptors (Lipinski definition) is 5. The molecule has 3 aromatic carbocycles. The summed E-state index contributed by atoms with van der Waals surface area (Å²) in [5.74, 6) is 6.97. The van der Waals surface area contributed by atoms with Crippen LogP contribution in [0.15, 0.2) is 85.3 Å². The molecule has 1 amide bonds. The molecule has 0 radical (unpaired) electrons. The van der Waals surface area contributed by atoms with Crippen LogP contribution >= 0.6 is 0 Å². The van der Waals surface area contributed by atoms with Gasteiger partial charge in [-0.15, -0.1) is 0 Å². The largest absolute Gasteiger partial charge is 0.468 e. The summed E-state index contributed by atoms with van der Waals surface area (Å²) in [5.41, 5.74) is 7.72. The molecule has 41 heavy (non-hydrogen) atoms. The molecule has 6 aromatic rings. The predicted octanol–water partition coefficient (Wildman–Crippen LogP) is 6.06. The molecule has 202 valence electrons. The maximum Gasteiger partial charge on any atom is 0.255 e. The standard InChI is InChI=1S/C33H27N5O3/c1-21-4-5-25(16-24(21)7-6-23-14-15-34-32-29(23)18-35-37-32)33(39)36-26-10-13-28-30(19-38(2)31(28)17-26)22-8-11-27(12-9-22)41-20-40-3/h4-5,8-19H,20H2,1-3H3,(H,36,39)(H,34,35,37). The first kappa shape index (κ1) is 25.9. The number of hydrogen-bond donors (Lipinski definition) is 2. The zero-order chi connectivity index (χ0) is 28.3. The third-order valence-corrected chi connectivity index (χ3v) is 6.94. The number of ether oxygens (including phenoxy) is 2. The highest BCUT2D eigenvalue weighted by Gasteiger charge is 2.13. The molecule has 8 nitrogen and oxygen atoms in total. The van der Waals surface area contributed by atoms with Crippen molar-refractivity contribution in [2.75, 3.05) is 19.2 Å². The molecule has 0 spiro atoms. The van der Waals surface area contributed by atoms with Crippen molar-refractivity contribution in [3.05, 3.63) is 108 Å². The average molecular weight is 542 g/mol. The van der Waals surface area contributed by atoms with Crippen molar-refractivity contribution in [2.24, 2.45) is 7.05 Å². The summed E-state index contributed by atoms with van der Waals surface area (Å²) in [6.07, 6.45) is 5.50. The lowest BCUT2D eigenvalue weighted by Crippen LogP contribution is -2.12. The van der Waals surface area contributed by atoms with E-state index in [0.717, 1.165) is 49.9 Å². The summed E-state index contributed by atoms with van der Waals surface area (Å²) in [5, 5.41) is 11.9. The number of fused-ring (bicyclic) bond motifs is 2. The average Bonchev–Trinajstić information content (AvgIpc) is 3.61. The second-order valence-corrected chi connectivity index (χ2v) is 9.69. The van der Waals surface area contributed by atoms with Crippen LogP contribution in [0.2, 0.25) is 0 Å². The molecule has 0 aliphatic carbocycles. The van der Waals surface area contributed by atoms with Crippen LogP contribution in [-0.4, -0.2) is 39.6 Å². The van der Waals surface area contributed by atoms with Crippen LogP contribution in [0, 0.1) is 18.8 Å². The van der Waals surface area contributed by atoms with E-state index in [4.69, 9.17) is 9.47 Å². The molecule has 0 unspecified atom stereocenters. The zero-order valence-corrected chi connectivity index (χ0v) is 22.9. The monoisotopic (exact) mass is 541 g/mol. The molecule has 6 rings (SSSR count). The lowest BCUT2D eigenvalue weighted by atomic mass is 10.0. The Morgan fingerprint density at radius 2 is 1.83 bits per heavy atom. The fourth-order valence-corrected chi connectivity index (χ4v) is 4.75. The van der Waals surface area contributed by atoms with Crippen molar-refractivity contribution in [1.29, 1.82) is 0 Å². The van der Waals surface area contributed by atoms with E-state index >= 15 is 0 Å². The van der Waals surface area contributed by atoms with Crippen LogP contribution in [0.4, 0.5) is 5.69 Å². The summed E-state index contributed by atoms with van der Waals surface area (Å²) >= 11 is 0. The van der Waals surface area contributed by atoms with Gasteiger partial charge in [0.15, 0.2) is 12.4 Å². The highest BCUT2D eigenvalue weighted by Crippen LogP contribution is 2.33. The smallest absolute Gasteiger partial charge is 0.255 e. The molecule has 0 atom stereocenters. The Labute approximate surface area is 236 Å². The number of anilines is 1. The molecule has 3 aromatic heterocycles. The maximum absolute atomic E-state index is 13.2. The number of aryl methyl sites for hydroxylation is 2. The summed E-state index contributed by atoms with van der Waals surface area (Å²) in [4.78, 5) is 17.5. The molecule has 0 saturated heterocycles. The molecule has 8 heteroatoms. The number of nitrogens with one attached hydrogen (secondary N) is 2. The number of rotatable bonds is 6. The summed E-state index contributed by atoms with van der Waals surface area (Å²) in [7, 11) is 3.59. The van der Waals surface area contributed by atoms with Gasteiger partial charge in [0.1, 0.15) is 5.75 Å². The van der Waals surface area contributed by atoms with E-state index in [1.807, 2.05) is 80.7 Å². The molecule has 3 heterocycles. The Morgan fingerprint density at radius 3 is 2.66 bits per heavy atom. The number of methoxy groups -OCH3 is 1. The molecule has 0 aliphatic rings. The molecule has 0 saturated carbocycles. The lowest BCUT2D eigenvalue weighted by molar-refractivity contribution is 0.0511. The van der Waals surface area contributed by atoms with Gasteiger partial charge in [0.2, 0.25) is 0 Å². The normalized spacial score (nSPS) is 10.9. The van der Waals surface area contributed by atoms with E-state index in [9.17, 15) is 4.79 Å². The molecule has 0 fully saturated rings. The van der Waals surface area contributed by atoms with Gasteiger partial charge in [0.25, 0.3) is 5.91 Å². The third-order valence-electron chi connectivity index (χ3n) is 6.94. The van der Waals surface area contributed by atoms with Gasteiger partial charge in [0.05, 0.1) is 17.1 Å². The van der Waals surface area contributed by atoms with Gasteiger partial charge in [-0.3, -0.25) is 9.89 Å². The minimum atomic E-state index is -0.199. The Hall–Kier alpha value is -5.39. The predicted molar refractivity (Wildman–Crippen MR) is 160 cm³/mol. The van der Waals surface area contributed by atoms with Crippen LogP contribution in [-0.2, 0) is 11.8 Å². The van der Waals surface area contributed by atoms with Gasteiger partial charge in [-0.25, -0.2) is 4.98 Å². The number of aromatic nitrogens is 4. The Bertz CT molecular complexity index is 1960. The zero-order valence-electron chi connectivity index (χ0n) is 22.9. The number of carbonyl (C=O) groups is 1. The number of nitrogens with zero attached hydrogens (tertiary/aromatic N) is 3. The van der Waals surface area contributed by atoms with Crippen LogP contribution in [0.1, 0.15) is 27.0 Å². The van der Waals surface area contributed by atoms with Gasteiger partial charge in [-0.05, 0) is 60.5 Å². The van der Waals surface area contributed by atoms with Crippen molar-refractivity contribution in [3.63, 3.8) is 0 Å². The third kappa shape index (κ3) is 5.26. The van der Waals surface area contributed by atoms with Crippen LogP contribution in [0.25, 0.3) is 33.1 Å². The van der Waals surface area contributed by atoms with E-state index in [2.05, 4.69) is 43.1 Å². The van der Waals surface area contributed by atoms with E-state index < -0.39 is 0 Å². The fraction of sp³-hybridized carbons (Fsp3) is 0.121. The molecular weight excluding hydrogens is 514 g/mol. The van der Waals surface area contributed by atoms with Gasteiger partial charge in [-0.2, -0.15) is 5.10 Å². The lowest BCUT2D eigenvalue weighted by Gasteiger charge is -2.08. The number of aromatic amines is 1. The first-order valence-corrected chi connectivity index (χ1v) is 13.0. The van der Waals surface area contributed by atoms with E-state index in [0.29, 0.717) is 16.9 Å². The van der Waals surface area contributed by atoms with E-state index in [1.54, 1.807) is 19.5 Å². The topological polar surface area (TPSA) is 94.1 Å². The van der Waals surface area contributed by atoms with Crippen molar-refractivity contribution < 1.29 is 14.3 Å². The number of amides is 1. The molecule has 0 bridgehead atoms. The van der Waals surface area contributed by atoms with Crippen molar-refractivity contribution >= 4 is 33.5 Å². The van der Waals surface area contributed by atoms with Crippen LogP contribution in [0.3, 0.4) is 0 Å². The quantitative estimate of drug-likeness (QED) is 0.198. The summed E-state index contributed by atoms with van der Waals surface area (Å²) in [6.45, 7) is 2.19. The van der Waals surface area contributed by atoms with E-state index in [1.165, 1.54) is 0 Å². The minimum Gasteiger partial charge on any atom is -0.468 e. The minimum absolute atomic E-state index is 0.199. The summed E-state index contributed by atoms with van der Waals surface area (Å²) in [6, 6.07) is 21.3. The molecule has 0 aliphatic heterocycles. The van der Waals surface area contributed by atoms with Gasteiger partial charge in [0, 0.05) is 59.9 Å². The number of pyridine rings is 1. The van der Waals surface area contributed by atoms with E-state index in [-0.39, 0.29) is 12.7 Å². The second kappa shape index (κ2) is 11.0. The highest BCUT2D eigenvalue weighted by atomic mass is 16.7. The summed E-state index contributed by atoms with van der Waals surface area (Å²) < 4.78 is 12.5. The van der Waals surface area contributed by atoms with Crippen molar-refractivity contribution in [3.8, 4) is 28.7 Å². The van der Waals surface area contributed by atoms with Gasteiger partial charge < -0.3 is 19.4 Å². The van der Waals surface area contributed by atoms with Gasteiger partial charge in [-0.1, -0.05) is 36.1 Å². The number of benzene rings is 3. The fourth-order valence-electron chi connectivity index (χ4n) is 4.75. The highest BCUT2D eigenvalue weighted by molar-refractivity contribution is 6.06. The SMILES string of the molecule is COCOc1ccc(-c2cn(C)c3cc(NC(=O)c4ccc(C)c(C#Cc5ccnc6[nH]ncc56)c4)ccc23)cc1. The van der Waals surface area contributed by atoms with Crippen molar-refractivity contribution in [2.45, 2.75) is 6.92 Å². The first-order chi connectivity index (χ1) is 20.0. The van der Waals surface area contributed by atoms with Crippen LogP contribution < -0.4 is 10.1 Å². The van der Waals surface area contributed by atoms with Crippen LogP contribution in [0.5, 0.6) is 5.75 Å². The second-order valence-electron chi connectivity index (χ2n) is 9.69. The van der Waals surface area contributed by atoms with Crippen molar-refractivity contribution in [1.82, 2.24) is 19.7 Å².